The van der Waals surface area contributed by atoms with Crippen LogP contribution < -0.4 is 10.6 Å². The fourth-order valence-corrected chi connectivity index (χ4v) is 5.38. The summed E-state index contributed by atoms with van der Waals surface area (Å²) >= 11 is 3.54. The number of hydrogen-bond acceptors (Lipinski definition) is 5. The van der Waals surface area contributed by atoms with Gasteiger partial charge in [-0.3, -0.25) is 4.99 Å². The van der Waals surface area contributed by atoms with Gasteiger partial charge in [-0.1, -0.05) is 37.6 Å². The molecule has 0 aliphatic heterocycles. The van der Waals surface area contributed by atoms with E-state index in [2.05, 4.69) is 61.1 Å². The highest BCUT2D eigenvalue weighted by Gasteiger charge is 2.23. The van der Waals surface area contributed by atoms with Crippen LogP contribution in [0.4, 0.5) is 0 Å². The molecule has 1 saturated carbocycles. The molecule has 1 aliphatic carbocycles. The van der Waals surface area contributed by atoms with Crippen LogP contribution in [-0.2, 0) is 12.8 Å². The molecule has 1 atom stereocenters. The van der Waals surface area contributed by atoms with Gasteiger partial charge in [0.1, 0.15) is 5.82 Å². The summed E-state index contributed by atoms with van der Waals surface area (Å²) in [5.41, 5.74) is 0. The van der Waals surface area contributed by atoms with E-state index in [-0.39, 0.29) is 24.0 Å². The highest BCUT2D eigenvalue weighted by Crippen LogP contribution is 2.33. The molecule has 168 valence electrons. The summed E-state index contributed by atoms with van der Waals surface area (Å²) in [6.07, 6.45) is 10.3. The number of guanidine groups is 1. The lowest BCUT2D eigenvalue weighted by atomic mass is 10.1. The zero-order valence-electron chi connectivity index (χ0n) is 18.3. The van der Waals surface area contributed by atoms with Crippen LogP contribution in [0.2, 0.25) is 0 Å². The number of thioether (sulfide) groups is 1. The molecular formula is C21H35IN6S2. The third-order valence-electron chi connectivity index (χ3n) is 5.45. The van der Waals surface area contributed by atoms with Crippen LogP contribution in [0.15, 0.2) is 27.7 Å². The average Bonchev–Trinajstić information content (AvgIpc) is 3.48. The molecule has 6 nitrogen and oxygen atoms in total. The molecule has 1 unspecified atom stereocenters. The second kappa shape index (κ2) is 13.6. The lowest BCUT2D eigenvalue weighted by Gasteiger charge is -2.17. The molecule has 9 heteroatoms. The molecule has 0 amide bonds. The molecule has 0 radical (unpaired) electrons. The summed E-state index contributed by atoms with van der Waals surface area (Å²) in [5.74, 6) is 2.59. The molecule has 2 N–H and O–H groups in total. The van der Waals surface area contributed by atoms with Gasteiger partial charge < -0.3 is 15.2 Å². The van der Waals surface area contributed by atoms with Crippen molar-refractivity contribution in [1.29, 1.82) is 0 Å². The van der Waals surface area contributed by atoms with Crippen molar-refractivity contribution < 1.29 is 0 Å². The fourth-order valence-electron chi connectivity index (χ4n) is 3.94. The summed E-state index contributed by atoms with van der Waals surface area (Å²) in [6, 6.07) is 4.92. The lowest BCUT2D eigenvalue weighted by molar-refractivity contribution is 0.460. The van der Waals surface area contributed by atoms with Crippen molar-refractivity contribution in [2.24, 2.45) is 10.9 Å². The lowest BCUT2D eigenvalue weighted by Crippen LogP contribution is -2.40. The van der Waals surface area contributed by atoms with E-state index in [4.69, 9.17) is 0 Å². The quantitative estimate of drug-likeness (QED) is 0.144. The topological polar surface area (TPSA) is 67.1 Å². The standard InChI is InChI=1S/C21H34N6S2.HI/c1-16(14-18-10-7-13-29-18)15-24-20(22-2)23-12-6-11-19-25-26-21(28-3)27(19)17-8-4-5-9-17;/h7,10,13,16-17H,4-6,8-9,11-12,14-15H2,1-3H3,(H2,22,23,24);1H. The SMILES string of the molecule is CN=C(NCCCc1nnc(SC)n1C1CCCC1)NCC(C)Cc1cccs1.I. The van der Waals surface area contributed by atoms with Crippen molar-refractivity contribution >= 4 is 53.0 Å². The summed E-state index contributed by atoms with van der Waals surface area (Å²) in [6.45, 7) is 4.08. The third kappa shape index (κ3) is 7.40. The number of halogens is 1. The molecule has 2 aromatic heterocycles. The van der Waals surface area contributed by atoms with Gasteiger partial charge in [0, 0.05) is 37.5 Å². The molecule has 0 bridgehead atoms. The van der Waals surface area contributed by atoms with Gasteiger partial charge in [0.05, 0.1) is 0 Å². The van der Waals surface area contributed by atoms with Crippen LogP contribution in [0.5, 0.6) is 0 Å². The van der Waals surface area contributed by atoms with Crippen LogP contribution in [0.1, 0.15) is 55.8 Å². The number of aromatic nitrogens is 3. The molecule has 1 fully saturated rings. The molecule has 0 saturated heterocycles. The number of nitrogens with one attached hydrogen (secondary N) is 2. The van der Waals surface area contributed by atoms with E-state index in [0.29, 0.717) is 12.0 Å². The fraction of sp³-hybridized carbons (Fsp3) is 0.667. The van der Waals surface area contributed by atoms with Crippen molar-refractivity contribution in [3.63, 3.8) is 0 Å². The minimum Gasteiger partial charge on any atom is -0.356 e. The Balaban J connectivity index is 0.00000320. The maximum absolute atomic E-state index is 4.48. The molecular weight excluding hydrogens is 527 g/mol. The van der Waals surface area contributed by atoms with Crippen LogP contribution in [0.3, 0.4) is 0 Å². The normalized spacial score (nSPS) is 15.8. The second-order valence-corrected chi connectivity index (χ2v) is 9.59. The number of aliphatic imine (C=N–C) groups is 1. The van der Waals surface area contributed by atoms with Crippen molar-refractivity contribution in [2.45, 2.75) is 63.1 Å². The molecule has 0 aromatic carbocycles. The van der Waals surface area contributed by atoms with Gasteiger partial charge in [0.15, 0.2) is 11.1 Å². The van der Waals surface area contributed by atoms with Gasteiger partial charge in [0.25, 0.3) is 0 Å². The minimum atomic E-state index is 0. The molecule has 1 aliphatic rings. The first-order valence-electron chi connectivity index (χ1n) is 10.7. The largest absolute Gasteiger partial charge is 0.356 e. The number of hydrogen-bond donors (Lipinski definition) is 2. The average molecular weight is 563 g/mol. The van der Waals surface area contributed by atoms with Crippen LogP contribution >= 0.6 is 47.1 Å². The first kappa shape index (κ1) is 25.5. The summed E-state index contributed by atoms with van der Waals surface area (Å²) < 4.78 is 2.40. The smallest absolute Gasteiger partial charge is 0.191 e. The van der Waals surface area contributed by atoms with Crippen LogP contribution in [0.25, 0.3) is 0 Å². The summed E-state index contributed by atoms with van der Waals surface area (Å²) in [4.78, 5) is 5.80. The highest BCUT2D eigenvalue weighted by atomic mass is 127. The number of aryl methyl sites for hydroxylation is 1. The van der Waals surface area contributed by atoms with Crippen molar-refractivity contribution in [3.8, 4) is 0 Å². The first-order valence-corrected chi connectivity index (χ1v) is 12.8. The van der Waals surface area contributed by atoms with E-state index >= 15 is 0 Å². The van der Waals surface area contributed by atoms with Gasteiger partial charge in [0.2, 0.25) is 0 Å². The first-order chi connectivity index (χ1) is 14.2. The zero-order chi connectivity index (χ0) is 20.5. The van der Waals surface area contributed by atoms with Crippen LogP contribution in [0, 0.1) is 5.92 Å². The van der Waals surface area contributed by atoms with E-state index < -0.39 is 0 Å². The Morgan fingerprint density at radius 2 is 2.13 bits per heavy atom. The molecule has 2 aromatic rings. The predicted molar refractivity (Wildman–Crippen MR) is 140 cm³/mol. The molecule has 3 rings (SSSR count). The Hall–Kier alpha value is -0.810. The van der Waals surface area contributed by atoms with E-state index in [1.54, 1.807) is 11.8 Å². The van der Waals surface area contributed by atoms with Gasteiger partial charge in [-0.2, -0.15) is 0 Å². The Bertz CT molecular complexity index is 756. The molecule has 0 spiro atoms. The van der Waals surface area contributed by atoms with E-state index in [1.807, 2.05) is 18.4 Å². The van der Waals surface area contributed by atoms with Gasteiger partial charge in [-0.25, -0.2) is 0 Å². The maximum Gasteiger partial charge on any atom is 0.191 e. The Morgan fingerprint density at radius 1 is 1.33 bits per heavy atom. The van der Waals surface area contributed by atoms with Crippen LogP contribution in [-0.4, -0.2) is 47.1 Å². The number of nitrogens with zero attached hydrogens (tertiary/aromatic N) is 4. The predicted octanol–water partition coefficient (Wildman–Crippen LogP) is 4.77. The summed E-state index contributed by atoms with van der Waals surface area (Å²) in [5, 5.41) is 19.0. The van der Waals surface area contributed by atoms with Gasteiger partial charge in [-0.05, 0) is 49.3 Å². The van der Waals surface area contributed by atoms with E-state index in [0.717, 1.165) is 49.3 Å². The Morgan fingerprint density at radius 3 is 2.80 bits per heavy atom. The van der Waals surface area contributed by atoms with Gasteiger partial charge >= 0.3 is 0 Å². The molecule has 2 heterocycles. The van der Waals surface area contributed by atoms with Crippen molar-refractivity contribution in [2.75, 3.05) is 26.4 Å². The maximum atomic E-state index is 4.48. The zero-order valence-corrected chi connectivity index (χ0v) is 22.2. The second-order valence-electron chi connectivity index (χ2n) is 7.78. The monoisotopic (exact) mass is 562 g/mol. The Kier molecular flexibility index (Phi) is 11.5. The number of thiophene rings is 1. The highest BCUT2D eigenvalue weighted by molar-refractivity contribution is 14.0. The van der Waals surface area contributed by atoms with Crippen molar-refractivity contribution in [1.82, 2.24) is 25.4 Å². The molecule has 30 heavy (non-hydrogen) atoms. The number of rotatable bonds is 10. The Labute approximate surface area is 206 Å². The van der Waals surface area contributed by atoms with Crippen molar-refractivity contribution in [3.05, 3.63) is 28.2 Å². The van der Waals surface area contributed by atoms with E-state index in [9.17, 15) is 0 Å². The third-order valence-corrected chi connectivity index (χ3v) is 6.99. The minimum absolute atomic E-state index is 0. The summed E-state index contributed by atoms with van der Waals surface area (Å²) in [7, 11) is 1.83. The van der Waals surface area contributed by atoms with Gasteiger partial charge in [-0.15, -0.1) is 45.5 Å². The van der Waals surface area contributed by atoms with E-state index in [1.165, 1.54) is 30.6 Å².